The highest BCUT2D eigenvalue weighted by Gasteiger charge is 2.20. The Labute approximate surface area is 189 Å². The van der Waals surface area contributed by atoms with Crippen LogP contribution in [0.1, 0.15) is 16.0 Å². The summed E-state index contributed by atoms with van der Waals surface area (Å²) in [5.74, 6) is 0.269. The van der Waals surface area contributed by atoms with E-state index in [1.165, 1.54) is 23.5 Å². The number of aromatic nitrogens is 2. The molecule has 3 aromatic carbocycles. The number of nitrogens with zero attached hydrogens (tertiary/aromatic N) is 2. The number of rotatable bonds is 4. The summed E-state index contributed by atoms with van der Waals surface area (Å²) in [7, 11) is 0. The highest BCUT2D eigenvalue weighted by molar-refractivity contribution is 7.19. The zero-order valence-electron chi connectivity index (χ0n) is 17.8. The third kappa shape index (κ3) is 3.65. The number of fused-ring (bicyclic) bond motifs is 1. The van der Waals surface area contributed by atoms with Gasteiger partial charge in [-0.1, -0.05) is 72.3 Å². The molecule has 2 aromatic heterocycles. The largest absolute Gasteiger partial charge is 0.288 e. The van der Waals surface area contributed by atoms with Gasteiger partial charge in [-0.15, -0.1) is 11.3 Å². The molecule has 0 N–H and O–H groups in total. The van der Waals surface area contributed by atoms with Gasteiger partial charge in [-0.25, -0.2) is 9.37 Å². The summed E-state index contributed by atoms with van der Waals surface area (Å²) < 4.78 is 15.5. The van der Waals surface area contributed by atoms with E-state index in [-0.39, 0.29) is 17.9 Å². The number of aryl methyl sites for hydroxylation is 2. The predicted octanol–water partition coefficient (Wildman–Crippen LogP) is 6.60. The van der Waals surface area contributed by atoms with Crippen LogP contribution in [0.25, 0.3) is 32.7 Å². The molecule has 32 heavy (non-hydrogen) atoms. The van der Waals surface area contributed by atoms with Crippen LogP contribution in [-0.4, -0.2) is 9.55 Å². The Kier molecular flexibility index (Phi) is 5.19. The third-order valence-electron chi connectivity index (χ3n) is 5.59. The van der Waals surface area contributed by atoms with Crippen molar-refractivity contribution >= 4 is 21.6 Å². The van der Waals surface area contributed by atoms with Gasteiger partial charge < -0.3 is 0 Å². The maximum atomic E-state index is 13.9. The van der Waals surface area contributed by atoms with Gasteiger partial charge >= 0.3 is 0 Å². The second-order valence-corrected chi connectivity index (χ2v) is 9.11. The van der Waals surface area contributed by atoms with Gasteiger partial charge in [-0.05, 0) is 37.1 Å². The molecule has 0 saturated carbocycles. The van der Waals surface area contributed by atoms with Crippen molar-refractivity contribution in [1.29, 1.82) is 0 Å². The van der Waals surface area contributed by atoms with Crippen molar-refractivity contribution in [3.8, 4) is 22.5 Å². The van der Waals surface area contributed by atoms with Crippen LogP contribution in [0.3, 0.4) is 0 Å². The van der Waals surface area contributed by atoms with Crippen molar-refractivity contribution in [3.63, 3.8) is 0 Å². The van der Waals surface area contributed by atoms with Gasteiger partial charge in [0.25, 0.3) is 5.56 Å². The molecule has 0 spiro atoms. The molecule has 5 rings (SSSR count). The van der Waals surface area contributed by atoms with Crippen LogP contribution in [0.5, 0.6) is 0 Å². The molecular formula is C27H21FN2OS. The summed E-state index contributed by atoms with van der Waals surface area (Å²) >= 11 is 1.53. The first-order chi connectivity index (χ1) is 15.5. The Morgan fingerprint density at radius 3 is 2.38 bits per heavy atom. The van der Waals surface area contributed by atoms with Gasteiger partial charge in [0.05, 0.1) is 11.9 Å². The molecule has 0 saturated heterocycles. The summed E-state index contributed by atoms with van der Waals surface area (Å²) in [4.78, 5) is 20.6. The van der Waals surface area contributed by atoms with Gasteiger partial charge in [-0.2, -0.15) is 0 Å². The predicted molar refractivity (Wildman–Crippen MR) is 130 cm³/mol. The lowest BCUT2D eigenvalue weighted by Gasteiger charge is -2.14. The van der Waals surface area contributed by atoms with Crippen LogP contribution in [0.2, 0.25) is 0 Å². The van der Waals surface area contributed by atoms with Gasteiger partial charge in [0.2, 0.25) is 0 Å². The molecule has 158 valence electrons. The topological polar surface area (TPSA) is 34.9 Å². The minimum atomic E-state index is -0.321. The van der Waals surface area contributed by atoms with E-state index in [9.17, 15) is 9.18 Å². The molecule has 0 bridgehead atoms. The molecule has 5 heteroatoms. The Morgan fingerprint density at radius 1 is 0.906 bits per heavy atom. The van der Waals surface area contributed by atoms with E-state index in [1.807, 2.05) is 74.5 Å². The quantitative estimate of drug-likeness (QED) is 0.316. The number of halogens is 1. The lowest BCUT2D eigenvalue weighted by Crippen LogP contribution is -2.24. The average molecular weight is 441 g/mol. The average Bonchev–Trinajstić information content (AvgIpc) is 3.13. The van der Waals surface area contributed by atoms with Gasteiger partial charge in [0.15, 0.2) is 0 Å². The fourth-order valence-corrected chi connectivity index (χ4v) is 5.07. The van der Waals surface area contributed by atoms with Crippen molar-refractivity contribution in [2.45, 2.75) is 20.4 Å². The maximum Gasteiger partial charge on any atom is 0.263 e. The maximum absolute atomic E-state index is 13.9. The van der Waals surface area contributed by atoms with Crippen molar-refractivity contribution in [3.05, 3.63) is 111 Å². The van der Waals surface area contributed by atoms with Crippen molar-refractivity contribution in [2.24, 2.45) is 0 Å². The molecule has 2 heterocycles. The van der Waals surface area contributed by atoms with E-state index in [2.05, 4.69) is 0 Å². The van der Waals surface area contributed by atoms with Crippen LogP contribution in [0, 0.1) is 19.7 Å². The first-order valence-electron chi connectivity index (χ1n) is 10.4. The molecule has 0 atom stereocenters. The monoisotopic (exact) mass is 440 g/mol. The Hall–Kier alpha value is -3.57. The molecule has 5 aromatic rings. The summed E-state index contributed by atoms with van der Waals surface area (Å²) in [6.07, 6.45) is 0. The van der Waals surface area contributed by atoms with E-state index in [0.717, 1.165) is 37.5 Å². The first-order valence-corrected chi connectivity index (χ1v) is 11.2. The lowest BCUT2D eigenvalue weighted by atomic mass is 10.0. The Morgan fingerprint density at radius 2 is 1.66 bits per heavy atom. The summed E-state index contributed by atoms with van der Waals surface area (Å²) in [5, 5.41) is 0.617. The lowest BCUT2D eigenvalue weighted by molar-refractivity contribution is 0.623. The fourth-order valence-electron chi connectivity index (χ4n) is 4.03. The number of thiophene rings is 1. The second kappa shape index (κ2) is 8.17. The highest BCUT2D eigenvalue weighted by atomic mass is 32.1. The zero-order valence-corrected chi connectivity index (χ0v) is 18.6. The van der Waals surface area contributed by atoms with Crippen molar-refractivity contribution in [2.75, 3.05) is 0 Å². The molecule has 0 aliphatic heterocycles. The number of hydrogen-bond donors (Lipinski definition) is 0. The summed E-state index contributed by atoms with van der Waals surface area (Å²) in [5.41, 5.74) is 4.51. The van der Waals surface area contributed by atoms with Gasteiger partial charge in [-0.3, -0.25) is 9.36 Å². The zero-order chi connectivity index (χ0) is 22.2. The van der Waals surface area contributed by atoms with E-state index in [4.69, 9.17) is 4.98 Å². The van der Waals surface area contributed by atoms with Crippen molar-refractivity contribution < 1.29 is 4.39 Å². The fraction of sp³-hybridized carbons (Fsp3) is 0.111. The van der Waals surface area contributed by atoms with Crippen molar-refractivity contribution in [1.82, 2.24) is 9.55 Å². The highest BCUT2D eigenvalue weighted by Crippen LogP contribution is 2.36. The van der Waals surface area contributed by atoms with Crippen LogP contribution in [0.4, 0.5) is 4.39 Å². The standard InChI is InChI=1S/C27H21FN2OS/c1-17-11-13-21(14-12-17)25-29-26-24(23(18(2)32-26)20-8-4-3-5-9-20)27(31)30(25)16-19-7-6-10-22(28)15-19/h3-15H,16H2,1-2H3. The second-order valence-electron chi connectivity index (χ2n) is 7.90. The minimum absolute atomic E-state index is 0.113. The summed E-state index contributed by atoms with van der Waals surface area (Å²) in [6.45, 7) is 4.29. The van der Waals surface area contributed by atoms with Crippen LogP contribution in [-0.2, 0) is 6.54 Å². The van der Waals surface area contributed by atoms with Gasteiger partial charge in [0, 0.05) is 16.0 Å². The van der Waals surface area contributed by atoms with Crippen LogP contribution < -0.4 is 5.56 Å². The molecule has 0 unspecified atom stereocenters. The summed E-state index contributed by atoms with van der Waals surface area (Å²) in [6, 6.07) is 24.3. The Bertz CT molecular complexity index is 1480. The van der Waals surface area contributed by atoms with Gasteiger partial charge in [0.1, 0.15) is 16.5 Å². The molecule has 3 nitrogen and oxygen atoms in total. The minimum Gasteiger partial charge on any atom is -0.288 e. The van der Waals surface area contributed by atoms with E-state index < -0.39 is 0 Å². The normalized spacial score (nSPS) is 11.2. The SMILES string of the molecule is Cc1ccc(-c2nc3sc(C)c(-c4ccccc4)c3c(=O)n2Cc2cccc(F)c2)cc1. The Balaban J connectivity index is 1.80. The molecular weight excluding hydrogens is 419 g/mol. The first kappa shape index (κ1) is 20.3. The smallest absolute Gasteiger partial charge is 0.263 e. The van der Waals surface area contributed by atoms with Crippen LogP contribution in [0.15, 0.2) is 83.7 Å². The third-order valence-corrected chi connectivity index (χ3v) is 6.59. The van der Waals surface area contributed by atoms with E-state index in [1.54, 1.807) is 10.6 Å². The molecule has 0 radical (unpaired) electrons. The van der Waals surface area contributed by atoms with E-state index in [0.29, 0.717) is 11.2 Å². The number of hydrogen-bond acceptors (Lipinski definition) is 3. The molecule has 0 aliphatic carbocycles. The number of benzene rings is 3. The molecule has 0 aliphatic rings. The van der Waals surface area contributed by atoms with Crippen LogP contribution >= 0.6 is 11.3 Å². The molecule has 0 amide bonds. The van der Waals surface area contributed by atoms with E-state index >= 15 is 0 Å². The molecule has 0 fully saturated rings.